The van der Waals surface area contributed by atoms with Gasteiger partial charge in [0, 0.05) is 5.56 Å². The van der Waals surface area contributed by atoms with Gasteiger partial charge in [0.2, 0.25) is 0 Å². The molecule has 0 bridgehead atoms. The van der Waals surface area contributed by atoms with Crippen molar-refractivity contribution in [3.8, 4) is 0 Å². The van der Waals surface area contributed by atoms with Crippen molar-refractivity contribution in [2.45, 2.75) is 24.5 Å². The average molecular weight is 347 g/mol. The summed E-state index contributed by atoms with van der Waals surface area (Å²) in [7, 11) is 0. The summed E-state index contributed by atoms with van der Waals surface area (Å²) in [6, 6.07) is 18.7. The maximum Gasteiger partial charge on any atom is 0.251 e. The molecule has 1 amide bonds. The highest BCUT2D eigenvalue weighted by atomic mass is 16.3. The second-order valence-corrected chi connectivity index (χ2v) is 6.18. The summed E-state index contributed by atoms with van der Waals surface area (Å²) in [5, 5.41) is 13.9. The van der Waals surface area contributed by atoms with Gasteiger partial charge in [0.05, 0.1) is 11.6 Å². The molecule has 0 fully saturated rings. The summed E-state index contributed by atoms with van der Waals surface area (Å²) < 4.78 is 0. The molecule has 1 atom stereocenters. The van der Waals surface area contributed by atoms with Gasteiger partial charge in [0.15, 0.2) is 0 Å². The average Bonchev–Trinajstić information content (AvgIpc) is 2.68. The van der Waals surface area contributed by atoms with Gasteiger partial charge in [-0.3, -0.25) is 4.79 Å². The van der Waals surface area contributed by atoms with Crippen LogP contribution in [0.4, 0.5) is 0 Å². The van der Waals surface area contributed by atoms with Crippen LogP contribution < -0.4 is 5.32 Å². The van der Waals surface area contributed by atoms with Gasteiger partial charge in [0.25, 0.3) is 5.91 Å². The minimum atomic E-state index is -0.901. The molecular formula is C23H25NO2. The van der Waals surface area contributed by atoms with Crippen LogP contribution in [0.25, 0.3) is 6.08 Å². The zero-order valence-electron chi connectivity index (χ0n) is 14.8. The molecule has 134 valence electrons. The number of benzene rings is 2. The highest BCUT2D eigenvalue weighted by molar-refractivity contribution is 5.94. The molecule has 2 N–H and O–H groups in total. The molecule has 0 heterocycles. The number of rotatable bonds is 9. The van der Waals surface area contributed by atoms with E-state index in [9.17, 15) is 9.90 Å². The summed E-state index contributed by atoms with van der Waals surface area (Å²) in [5.41, 5.74) is 0.623. The first-order chi connectivity index (χ1) is 12.6. The van der Waals surface area contributed by atoms with Crippen LogP contribution in [0.15, 0.2) is 92.0 Å². The van der Waals surface area contributed by atoms with Gasteiger partial charge in [-0.05, 0) is 30.5 Å². The smallest absolute Gasteiger partial charge is 0.251 e. The van der Waals surface area contributed by atoms with E-state index < -0.39 is 11.6 Å². The second-order valence-electron chi connectivity index (χ2n) is 6.18. The molecule has 3 nitrogen and oxygen atoms in total. The van der Waals surface area contributed by atoms with E-state index >= 15 is 0 Å². The van der Waals surface area contributed by atoms with Crippen molar-refractivity contribution in [3.05, 3.63) is 103 Å². The van der Waals surface area contributed by atoms with Crippen molar-refractivity contribution in [3.63, 3.8) is 0 Å². The van der Waals surface area contributed by atoms with Crippen molar-refractivity contribution in [1.29, 1.82) is 0 Å². The molecule has 0 spiro atoms. The van der Waals surface area contributed by atoms with E-state index in [2.05, 4.69) is 18.5 Å². The predicted molar refractivity (Wildman–Crippen MR) is 108 cm³/mol. The van der Waals surface area contributed by atoms with Gasteiger partial charge in [-0.15, -0.1) is 13.2 Å². The minimum absolute atomic E-state index is 0.235. The summed E-state index contributed by atoms with van der Waals surface area (Å²) in [5.74, 6) is -0.235. The van der Waals surface area contributed by atoms with Crippen LogP contribution in [0.3, 0.4) is 0 Å². The third-order valence-corrected chi connectivity index (χ3v) is 4.25. The van der Waals surface area contributed by atoms with E-state index in [0.29, 0.717) is 18.4 Å². The first-order valence-electron chi connectivity index (χ1n) is 8.62. The summed E-state index contributed by atoms with van der Waals surface area (Å²) in [4.78, 5) is 12.7. The Labute approximate surface area is 155 Å². The zero-order valence-corrected chi connectivity index (χ0v) is 14.8. The third-order valence-electron chi connectivity index (χ3n) is 4.25. The molecule has 0 aliphatic rings. The number of carbonyl (C=O) groups is 1. The molecule has 2 rings (SSSR count). The van der Waals surface area contributed by atoms with Crippen LogP contribution >= 0.6 is 0 Å². The quantitative estimate of drug-likeness (QED) is 0.661. The van der Waals surface area contributed by atoms with Crippen molar-refractivity contribution in [2.24, 2.45) is 0 Å². The lowest BCUT2D eigenvalue weighted by Gasteiger charge is -2.36. The number of carbonyl (C=O) groups excluding carboxylic acids is 1. The van der Waals surface area contributed by atoms with E-state index in [1.54, 1.807) is 30.4 Å². The lowest BCUT2D eigenvalue weighted by molar-refractivity contribution is 0.0708. The molecule has 1 unspecified atom stereocenters. The normalized spacial score (nSPS) is 12.5. The fourth-order valence-electron chi connectivity index (χ4n) is 2.85. The SMILES string of the molecule is C=CCC(CC=C)(NC(=O)c1ccccc1)C(O)/C=C/c1ccccc1. The van der Waals surface area contributed by atoms with Gasteiger partial charge < -0.3 is 10.4 Å². The molecule has 0 saturated carbocycles. The Kier molecular flexibility index (Phi) is 7.12. The Balaban J connectivity index is 2.27. The summed E-state index contributed by atoms with van der Waals surface area (Å²) >= 11 is 0. The van der Waals surface area contributed by atoms with Gasteiger partial charge in [-0.1, -0.05) is 72.8 Å². The molecule has 2 aromatic carbocycles. The highest BCUT2D eigenvalue weighted by Gasteiger charge is 2.36. The van der Waals surface area contributed by atoms with Gasteiger partial charge in [0.1, 0.15) is 0 Å². The number of aliphatic hydroxyl groups excluding tert-OH is 1. The monoisotopic (exact) mass is 347 g/mol. The largest absolute Gasteiger partial charge is 0.387 e. The molecule has 0 aromatic heterocycles. The minimum Gasteiger partial charge on any atom is -0.387 e. The Hall–Kier alpha value is -2.91. The van der Waals surface area contributed by atoms with Crippen molar-refractivity contribution >= 4 is 12.0 Å². The Morgan fingerprint density at radius 3 is 2.08 bits per heavy atom. The van der Waals surface area contributed by atoms with E-state index in [-0.39, 0.29) is 5.91 Å². The molecule has 0 aliphatic heterocycles. The Morgan fingerprint density at radius 2 is 1.54 bits per heavy atom. The Bertz CT molecular complexity index is 740. The number of aliphatic hydroxyl groups is 1. The lowest BCUT2D eigenvalue weighted by atomic mass is 9.84. The molecular weight excluding hydrogens is 322 g/mol. The molecule has 0 aliphatic carbocycles. The number of nitrogens with one attached hydrogen (secondary N) is 1. The van der Waals surface area contributed by atoms with Crippen molar-refractivity contribution in [1.82, 2.24) is 5.32 Å². The first-order valence-corrected chi connectivity index (χ1v) is 8.62. The Morgan fingerprint density at radius 1 is 1.00 bits per heavy atom. The van der Waals surface area contributed by atoms with Crippen LogP contribution in [-0.4, -0.2) is 22.7 Å². The van der Waals surface area contributed by atoms with E-state index in [4.69, 9.17) is 0 Å². The van der Waals surface area contributed by atoms with Crippen LogP contribution in [0.2, 0.25) is 0 Å². The number of hydrogen-bond acceptors (Lipinski definition) is 2. The van der Waals surface area contributed by atoms with Crippen molar-refractivity contribution in [2.75, 3.05) is 0 Å². The van der Waals surface area contributed by atoms with Gasteiger partial charge in [-0.25, -0.2) is 0 Å². The number of hydrogen-bond donors (Lipinski definition) is 2. The summed E-state index contributed by atoms with van der Waals surface area (Å²) in [6.07, 6.45) is 6.89. The molecule has 0 saturated heterocycles. The topological polar surface area (TPSA) is 49.3 Å². The fourth-order valence-corrected chi connectivity index (χ4v) is 2.85. The maximum atomic E-state index is 12.7. The van der Waals surface area contributed by atoms with E-state index in [1.807, 2.05) is 54.6 Å². The molecule has 2 aromatic rings. The zero-order chi connectivity index (χ0) is 18.8. The molecule has 0 radical (unpaired) electrons. The van der Waals surface area contributed by atoms with E-state index in [0.717, 1.165) is 5.56 Å². The highest BCUT2D eigenvalue weighted by Crippen LogP contribution is 2.24. The van der Waals surface area contributed by atoms with Crippen LogP contribution in [0, 0.1) is 0 Å². The van der Waals surface area contributed by atoms with Crippen molar-refractivity contribution < 1.29 is 9.90 Å². The fraction of sp³-hybridized carbons (Fsp3) is 0.174. The molecule has 26 heavy (non-hydrogen) atoms. The third kappa shape index (κ3) is 5.04. The summed E-state index contributed by atoms with van der Waals surface area (Å²) in [6.45, 7) is 7.58. The van der Waals surface area contributed by atoms with Gasteiger partial charge >= 0.3 is 0 Å². The second kappa shape index (κ2) is 9.54. The van der Waals surface area contributed by atoms with Gasteiger partial charge in [-0.2, -0.15) is 0 Å². The first kappa shape index (κ1) is 19.4. The number of amides is 1. The van der Waals surface area contributed by atoms with Crippen LogP contribution in [-0.2, 0) is 0 Å². The standard InChI is InChI=1S/C23H25NO2/c1-3-17-23(18-4-2,24-22(26)20-13-9-6-10-14-20)21(25)16-15-19-11-7-5-8-12-19/h3-16,21,25H,1-2,17-18H2,(H,24,26)/b16-15+. The predicted octanol–water partition coefficient (Wildman–Crippen LogP) is 4.38. The van der Waals surface area contributed by atoms with Crippen LogP contribution in [0.1, 0.15) is 28.8 Å². The lowest BCUT2D eigenvalue weighted by Crippen LogP contribution is -2.55. The van der Waals surface area contributed by atoms with E-state index in [1.165, 1.54) is 0 Å². The molecule has 3 heteroatoms. The van der Waals surface area contributed by atoms with Crippen LogP contribution in [0.5, 0.6) is 0 Å². The maximum absolute atomic E-state index is 12.7.